The van der Waals surface area contributed by atoms with Crippen molar-refractivity contribution in [3.05, 3.63) is 0 Å². The first-order valence-electron chi connectivity index (χ1n) is 8.27. The average Bonchev–Trinajstić information content (AvgIpc) is 2.39. The maximum atomic E-state index is 6.27. The minimum Gasteiger partial charge on any atom is -0.394 e. The normalized spacial score (nSPS) is 14.1. The minimum absolute atomic E-state index is 0.661. The van der Waals surface area contributed by atoms with Crippen LogP contribution < -0.4 is 0 Å². The van der Waals surface area contributed by atoms with Crippen molar-refractivity contribution in [2.24, 2.45) is 11.8 Å². The van der Waals surface area contributed by atoms with Gasteiger partial charge in [0.25, 0.3) is 0 Å². The van der Waals surface area contributed by atoms with E-state index in [0.717, 1.165) is 31.2 Å². The zero-order valence-electron chi connectivity index (χ0n) is 14.1. The highest BCUT2D eigenvalue weighted by molar-refractivity contribution is 6.67. The van der Waals surface area contributed by atoms with Crippen molar-refractivity contribution >= 4 is 8.56 Å². The van der Waals surface area contributed by atoms with Crippen LogP contribution in [-0.4, -0.2) is 21.8 Å². The molecule has 0 rings (SSSR count). The first kappa shape index (κ1) is 19.1. The molecule has 0 spiro atoms. The molecule has 1 atom stereocenters. The number of hydrogen-bond donors (Lipinski definition) is 0. The molecule has 0 amide bonds. The standard InChI is InChI=1S/C16H36O2Si/c1-7-11-16(6)14-18-19(8-2,9-3)17-13-10-12-15(4)5/h15-16H,7-14H2,1-6H3. The van der Waals surface area contributed by atoms with Gasteiger partial charge in [0.1, 0.15) is 0 Å². The fourth-order valence-corrected chi connectivity index (χ4v) is 4.82. The van der Waals surface area contributed by atoms with Crippen LogP contribution in [0.5, 0.6) is 0 Å². The van der Waals surface area contributed by atoms with Gasteiger partial charge in [-0.05, 0) is 43.2 Å². The van der Waals surface area contributed by atoms with Crippen molar-refractivity contribution < 1.29 is 8.85 Å². The minimum atomic E-state index is -1.91. The zero-order chi connectivity index (χ0) is 14.7. The van der Waals surface area contributed by atoms with E-state index >= 15 is 0 Å². The van der Waals surface area contributed by atoms with Crippen LogP contribution in [0.25, 0.3) is 0 Å². The second-order valence-corrected chi connectivity index (χ2v) is 10.0. The van der Waals surface area contributed by atoms with Crippen LogP contribution in [0.4, 0.5) is 0 Å². The van der Waals surface area contributed by atoms with E-state index in [0.29, 0.717) is 5.92 Å². The fraction of sp³-hybridized carbons (Fsp3) is 1.00. The van der Waals surface area contributed by atoms with Crippen molar-refractivity contribution in [3.63, 3.8) is 0 Å². The molecule has 0 bridgehead atoms. The lowest BCUT2D eigenvalue weighted by Gasteiger charge is -2.30. The van der Waals surface area contributed by atoms with Crippen LogP contribution in [-0.2, 0) is 8.85 Å². The molecule has 0 aromatic carbocycles. The maximum absolute atomic E-state index is 6.27. The predicted octanol–water partition coefficient (Wildman–Crippen LogP) is 5.37. The Hall–Kier alpha value is 0.137. The summed E-state index contributed by atoms with van der Waals surface area (Å²) in [6.45, 7) is 15.3. The summed E-state index contributed by atoms with van der Waals surface area (Å²) in [7, 11) is -1.91. The van der Waals surface area contributed by atoms with Gasteiger partial charge in [0.2, 0.25) is 0 Å². The van der Waals surface area contributed by atoms with Crippen LogP contribution in [0.3, 0.4) is 0 Å². The third-order valence-electron chi connectivity index (χ3n) is 3.78. The molecule has 0 heterocycles. The lowest BCUT2D eigenvalue weighted by Crippen LogP contribution is -2.42. The Kier molecular flexibility index (Phi) is 10.9. The zero-order valence-corrected chi connectivity index (χ0v) is 15.1. The van der Waals surface area contributed by atoms with E-state index in [1.165, 1.54) is 25.7 Å². The summed E-state index contributed by atoms with van der Waals surface area (Å²) in [5.74, 6) is 1.43. The average molecular weight is 289 g/mol. The molecule has 0 N–H and O–H groups in total. The molecule has 0 radical (unpaired) electrons. The highest BCUT2D eigenvalue weighted by atomic mass is 28.4. The quantitative estimate of drug-likeness (QED) is 0.355. The van der Waals surface area contributed by atoms with E-state index < -0.39 is 8.56 Å². The number of rotatable bonds is 12. The first-order chi connectivity index (χ1) is 8.99. The van der Waals surface area contributed by atoms with E-state index in [-0.39, 0.29) is 0 Å². The van der Waals surface area contributed by atoms with Gasteiger partial charge >= 0.3 is 8.56 Å². The molecular formula is C16H36O2Si. The summed E-state index contributed by atoms with van der Waals surface area (Å²) in [6, 6.07) is 2.15. The van der Waals surface area contributed by atoms with Crippen molar-refractivity contribution in [2.75, 3.05) is 13.2 Å². The van der Waals surface area contributed by atoms with Gasteiger partial charge in [0, 0.05) is 13.2 Å². The van der Waals surface area contributed by atoms with Gasteiger partial charge in [0.15, 0.2) is 0 Å². The molecule has 0 aromatic heterocycles. The summed E-state index contributed by atoms with van der Waals surface area (Å²) in [5, 5.41) is 0. The summed E-state index contributed by atoms with van der Waals surface area (Å²) in [5.41, 5.74) is 0. The van der Waals surface area contributed by atoms with Crippen molar-refractivity contribution in [3.8, 4) is 0 Å². The molecule has 19 heavy (non-hydrogen) atoms. The topological polar surface area (TPSA) is 18.5 Å². The second-order valence-electron chi connectivity index (χ2n) is 6.21. The molecule has 0 aliphatic rings. The maximum Gasteiger partial charge on any atom is 0.337 e. The molecule has 1 unspecified atom stereocenters. The Morgan fingerprint density at radius 3 is 2.00 bits per heavy atom. The van der Waals surface area contributed by atoms with Crippen LogP contribution in [0, 0.1) is 11.8 Å². The predicted molar refractivity (Wildman–Crippen MR) is 86.8 cm³/mol. The van der Waals surface area contributed by atoms with Gasteiger partial charge in [-0.25, -0.2) is 0 Å². The Balaban J connectivity index is 4.10. The van der Waals surface area contributed by atoms with Crippen molar-refractivity contribution in [2.45, 2.75) is 79.3 Å². The van der Waals surface area contributed by atoms with Gasteiger partial charge in [-0.3, -0.25) is 0 Å². The van der Waals surface area contributed by atoms with E-state index in [2.05, 4.69) is 41.5 Å². The molecular weight excluding hydrogens is 252 g/mol. The van der Waals surface area contributed by atoms with Crippen molar-refractivity contribution in [1.82, 2.24) is 0 Å². The van der Waals surface area contributed by atoms with E-state index in [9.17, 15) is 0 Å². The largest absolute Gasteiger partial charge is 0.394 e. The second kappa shape index (κ2) is 10.9. The van der Waals surface area contributed by atoms with Crippen molar-refractivity contribution in [1.29, 1.82) is 0 Å². The van der Waals surface area contributed by atoms with E-state index in [4.69, 9.17) is 8.85 Å². The van der Waals surface area contributed by atoms with Crippen LogP contribution in [0.15, 0.2) is 0 Å². The molecule has 0 saturated carbocycles. The molecule has 0 aliphatic carbocycles. The Morgan fingerprint density at radius 2 is 1.53 bits per heavy atom. The molecule has 116 valence electrons. The summed E-state index contributed by atoms with van der Waals surface area (Å²) < 4.78 is 12.5. The first-order valence-corrected chi connectivity index (χ1v) is 10.5. The Morgan fingerprint density at radius 1 is 0.895 bits per heavy atom. The van der Waals surface area contributed by atoms with Gasteiger partial charge < -0.3 is 8.85 Å². The van der Waals surface area contributed by atoms with Gasteiger partial charge in [-0.1, -0.05) is 48.0 Å². The lowest BCUT2D eigenvalue weighted by molar-refractivity contribution is 0.143. The van der Waals surface area contributed by atoms with E-state index in [1.54, 1.807) is 0 Å². The third kappa shape index (κ3) is 8.82. The van der Waals surface area contributed by atoms with Gasteiger partial charge in [-0.2, -0.15) is 0 Å². The molecule has 0 aromatic rings. The summed E-state index contributed by atoms with van der Waals surface area (Å²) in [4.78, 5) is 0. The molecule has 2 nitrogen and oxygen atoms in total. The molecule has 0 aliphatic heterocycles. The Labute approximate surface area is 122 Å². The van der Waals surface area contributed by atoms with Crippen LogP contribution >= 0.6 is 0 Å². The monoisotopic (exact) mass is 288 g/mol. The van der Waals surface area contributed by atoms with Crippen LogP contribution in [0.1, 0.15) is 67.2 Å². The van der Waals surface area contributed by atoms with Gasteiger partial charge in [0.05, 0.1) is 0 Å². The fourth-order valence-electron chi connectivity index (χ4n) is 2.32. The summed E-state index contributed by atoms with van der Waals surface area (Å²) >= 11 is 0. The number of hydrogen-bond acceptors (Lipinski definition) is 2. The Bertz CT molecular complexity index is 203. The highest BCUT2D eigenvalue weighted by Crippen LogP contribution is 2.21. The smallest absolute Gasteiger partial charge is 0.337 e. The molecule has 0 fully saturated rings. The highest BCUT2D eigenvalue weighted by Gasteiger charge is 2.33. The molecule has 3 heteroatoms. The molecule has 0 saturated heterocycles. The lowest BCUT2D eigenvalue weighted by atomic mass is 10.1. The van der Waals surface area contributed by atoms with E-state index in [1.807, 2.05) is 0 Å². The summed E-state index contributed by atoms with van der Waals surface area (Å²) in [6.07, 6.45) is 4.92. The SMILES string of the molecule is CCCC(C)CO[Si](CC)(CC)OCCCC(C)C. The third-order valence-corrected chi connectivity index (χ3v) is 7.36. The van der Waals surface area contributed by atoms with Gasteiger partial charge in [-0.15, -0.1) is 0 Å². The van der Waals surface area contributed by atoms with Crippen LogP contribution in [0.2, 0.25) is 12.1 Å².